The van der Waals surface area contributed by atoms with E-state index in [4.69, 9.17) is 0 Å². The monoisotopic (exact) mass is 281 g/mol. The first kappa shape index (κ1) is 17.1. The van der Waals surface area contributed by atoms with Crippen molar-refractivity contribution in [3.05, 3.63) is 0 Å². The summed E-state index contributed by atoms with van der Waals surface area (Å²) in [4.78, 5) is 0. The summed E-state index contributed by atoms with van der Waals surface area (Å²) in [6.45, 7) is 11.9. The van der Waals surface area contributed by atoms with E-state index < -0.39 is 12.2 Å². The second kappa shape index (κ2) is 5.66. The molecule has 3 heteroatoms. The Labute approximate surface area is 104 Å². The van der Waals surface area contributed by atoms with Gasteiger partial charge in [0.15, 0.2) is 0 Å². The molecule has 85 valence electrons. The van der Waals surface area contributed by atoms with Crippen molar-refractivity contribution in [2.24, 2.45) is 10.8 Å². The molecular weight excluding hydrogens is 257 g/mol. The Kier molecular flexibility index (Phi) is 6.91. The smallest absolute Gasteiger partial charge is 0.0613 e. The van der Waals surface area contributed by atoms with E-state index >= 15 is 0 Å². The average Bonchev–Trinajstić information content (AvgIpc) is 1.82. The van der Waals surface area contributed by atoms with Crippen molar-refractivity contribution in [3.8, 4) is 0 Å². The van der Waals surface area contributed by atoms with Crippen LogP contribution in [0.25, 0.3) is 0 Å². The molecule has 0 saturated heterocycles. The molecule has 0 aliphatic heterocycles. The van der Waals surface area contributed by atoms with Gasteiger partial charge in [0.1, 0.15) is 0 Å². The summed E-state index contributed by atoms with van der Waals surface area (Å²) in [5.41, 5.74) is -0.293. The predicted molar refractivity (Wildman–Crippen MR) is 55.5 cm³/mol. The predicted octanol–water partition coefficient (Wildman–Crippen LogP) is 2.19. The first-order valence-electron chi connectivity index (χ1n) is 4.91. The van der Waals surface area contributed by atoms with Crippen LogP contribution in [0.2, 0.25) is 0 Å². The van der Waals surface area contributed by atoms with Crippen LogP contribution >= 0.6 is 0 Å². The Balaban J connectivity index is 0. The number of aliphatic hydroxyl groups is 2. The van der Waals surface area contributed by atoms with Gasteiger partial charge in [-0.3, -0.25) is 0 Å². The molecule has 0 heterocycles. The Morgan fingerprint density at radius 3 is 1.14 bits per heavy atom. The number of hydrogen-bond acceptors (Lipinski definition) is 2. The fourth-order valence-electron chi connectivity index (χ4n) is 0.919. The van der Waals surface area contributed by atoms with Crippen molar-refractivity contribution < 1.29 is 32.6 Å². The van der Waals surface area contributed by atoms with E-state index in [2.05, 4.69) is 0 Å². The molecule has 0 amide bonds. The molecule has 0 rings (SSSR count). The zero-order valence-electron chi connectivity index (χ0n) is 10.2. The molecule has 2 unspecified atom stereocenters. The molecule has 0 aromatic rings. The van der Waals surface area contributed by atoms with Crippen LogP contribution in [0.15, 0.2) is 0 Å². The first-order valence-corrected chi connectivity index (χ1v) is 4.91. The van der Waals surface area contributed by atoms with Gasteiger partial charge in [0, 0.05) is 28.8 Å². The minimum Gasteiger partial charge on any atom is -0.392 e. The van der Waals surface area contributed by atoms with Gasteiger partial charge in [-0.05, 0) is 10.8 Å². The molecule has 2 N–H and O–H groups in total. The van der Waals surface area contributed by atoms with Gasteiger partial charge in [-0.1, -0.05) is 41.5 Å². The number of rotatable bonds is 2. The van der Waals surface area contributed by atoms with Crippen molar-refractivity contribution in [1.82, 2.24) is 0 Å². The van der Waals surface area contributed by atoms with Gasteiger partial charge in [-0.2, -0.15) is 0 Å². The second-order valence-electron chi connectivity index (χ2n) is 6.00. The molecule has 0 fully saturated rings. The van der Waals surface area contributed by atoms with E-state index in [1.165, 1.54) is 0 Å². The summed E-state index contributed by atoms with van der Waals surface area (Å²) in [7, 11) is 0. The summed E-state index contributed by atoms with van der Waals surface area (Å²) in [5.74, 6) is 0. The van der Waals surface area contributed by atoms with Crippen LogP contribution in [0, 0.1) is 10.8 Å². The van der Waals surface area contributed by atoms with Crippen LogP contribution in [-0.2, 0) is 22.4 Å². The fourth-order valence-corrected chi connectivity index (χ4v) is 0.919. The van der Waals surface area contributed by atoms with Crippen LogP contribution in [0.5, 0.6) is 0 Å². The quantitative estimate of drug-likeness (QED) is 0.762. The van der Waals surface area contributed by atoms with Gasteiger partial charge >= 0.3 is 0 Å². The van der Waals surface area contributed by atoms with Crippen molar-refractivity contribution >= 4 is 0 Å². The maximum atomic E-state index is 9.76. The third-order valence-corrected chi connectivity index (χ3v) is 2.45. The standard InChI is InChI=1S/C11H24O2.Nb/c1-10(2,3)8(12)7-9(13)11(4,5)6;/h8-9,12-13H,7H2,1-6H3;. The van der Waals surface area contributed by atoms with E-state index in [-0.39, 0.29) is 33.2 Å². The molecule has 0 bridgehead atoms. The maximum absolute atomic E-state index is 9.76. The Bertz CT molecular complexity index is 138. The van der Waals surface area contributed by atoms with E-state index in [0.717, 1.165) is 0 Å². The van der Waals surface area contributed by atoms with E-state index in [0.29, 0.717) is 6.42 Å². The Morgan fingerprint density at radius 1 is 0.786 bits per heavy atom. The molecule has 0 aromatic heterocycles. The van der Waals surface area contributed by atoms with Crippen molar-refractivity contribution in [2.45, 2.75) is 60.2 Å². The summed E-state index contributed by atoms with van der Waals surface area (Å²) in [6.07, 6.45) is -0.434. The van der Waals surface area contributed by atoms with Crippen LogP contribution in [0.4, 0.5) is 0 Å². The van der Waals surface area contributed by atoms with Gasteiger partial charge in [0.25, 0.3) is 0 Å². The van der Waals surface area contributed by atoms with Crippen LogP contribution < -0.4 is 0 Å². The summed E-state index contributed by atoms with van der Waals surface area (Å²) >= 11 is 0. The molecule has 0 spiro atoms. The molecule has 0 aliphatic rings. The van der Waals surface area contributed by atoms with Gasteiger partial charge < -0.3 is 10.2 Å². The second-order valence-corrected chi connectivity index (χ2v) is 6.00. The third kappa shape index (κ3) is 6.20. The summed E-state index contributed by atoms with van der Waals surface area (Å²) in [6, 6.07) is 0. The largest absolute Gasteiger partial charge is 0.392 e. The number of hydrogen-bond donors (Lipinski definition) is 2. The van der Waals surface area contributed by atoms with Gasteiger partial charge in [-0.25, -0.2) is 0 Å². The normalized spacial score (nSPS) is 17.1. The topological polar surface area (TPSA) is 40.5 Å². The van der Waals surface area contributed by atoms with Crippen molar-refractivity contribution in [1.29, 1.82) is 0 Å². The molecule has 0 saturated carbocycles. The zero-order valence-corrected chi connectivity index (χ0v) is 12.4. The molecule has 14 heavy (non-hydrogen) atoms. The van der Waals surface area contributed by atoms with Crippen LogP contribution in [0.1, 0.15) is 48.0 Å². The molecule has 2 nitrogen and oxygen atoms in total. The van der Waals surface area contributed by atoms with Crippen molar-refractivity contribution in [2.75, 3.05) is 0 Å². The van der Waals surface area contributed by atoms with E-state index in [1.54, 1.807) is 0 Å². The Morgan fingerprint density at radius 2 is 1.00 bits per heavy atom. The molecule has 1 radical (unpaired) electrons. The molecule has 2 atom stereocenters. The maximum Gasteiger partial charge on any atom is 0.0613 e. The summed E-state index contributed by atoms with van der Waals surface area (Å²) in [5, 5.41) is 19.5. The SMILES string of the molecule is CC(C)(C)C(O)CC(O)C(C)(C)C.[Nb]. The van der Waals surface area contributed by atoms with Gasteiger partial charge in [0.05, 0.1) is 12.2 Å². The van der Waals surface area contributed by atoms with Gasteiger partial charge in [0.2, 0.25) is 0 Å². The number of aliphatic hydroxyl groups excluding tert-OH is 2. The van der Waals surface area contributed by atoms with Crippen molar-refractivity contribution in [3.63, 3.8) is 0 Å². The average molecular weight is 281 g/mol. The first-order chi connectivity index (χ1) is 5.55. The third-order valence-electron chi connectivity index (χ3n) is 2.45. The van der Waals surface area contributed by atoms with Gasteiger partial charge in [-0.15, -0.1) is 0 Å². The van der Waals surface area contributed by atoms with Crippen LogP contribution in [-0.4, -0.2) is 22.4 Å². The summed E-state index contributed by atoms with van der Waals surface area (Å²) < 4.78 is 0. The van der Waals surface area contributed by atoms with Crippen LogP contribution in [0.3, 0.4) is 0 Å². The van der Waals surface area contributed by atoms with E-state index in [9.17, 15) is 10.2 Å². The fraction of sp³-hybridized carbons (Fsp3) is 1.00. The molecular formula is C11H24NbO2. The zero-order chi connectivity index (χ0) is 10.9. The Hall–Kier alpha value is 0.660. The van der Waals surface area contributed by atoms with E-state index in [1.807, 2.05) is 41.5 Å². The minimum absolute atomic E-state index is 0. The minimum atomic E-state index is -0.443. The molecule has 0 aromatic carbocycles. The molecule has 0 aliphatic carbocycles.